The molecule has 2 aromatic carbocycles. The lowest BCUT2D eigenvalue weighted by molar-refractivity contribution is -0.150. The number of fused-ring (bicyclic) bond motifs is 1. The first-order valence-electron chi connectivity index (χ1n) is 9.06. The summed E-state index contributed by atoms with van der Waals surface area (Å²) in [4.78, 5) is 38.4. The first-order valence-corrected chi connectivity index (χ1v) is 9.87. The molecule has 0 N–H and O–H groups in total. The number of benzene rings is 2. The van der Waals surface area contributed by atoms with Gasteiger partial charge in [-0.15, -0.1) is 0 Å². The van der Waals surface area contributed by atoms with Gasteiger partial charge in [-0.25, -0.2) is 4.79 Å². The molecule has 1 aliphatic rings. The predicted molar refractivity (Wildman–Crippen MR) is 109 cm³/mol. The molecule has 0 saturated carbocycles. The molecule has 1 atom stereocenters. The fraction of sp³-hybridized carbons (Fsp3) is 0.286. The van der Waals surface area contributed by atoms with Crippen LogP contribution in [0.4, 0.5) is 4.79 Å². The first kappa shape index (κ1) is 19.9. The topological polar surface area (TPSA) is 72.9 Å². The highest BCUT2D eigenvalue weighted by atomic mass is 32.2. The van der Waals surface area contributed by atoms with Crippen molar-refractivity contribution in [3.05, 3.63) is 46.9 Å². The van der Waals surface area contributed by atoms with Gasteiger partial charge in [0.2, 0.25) is 0 Å². The highest BCUT2D eigenvalue weighted by Crippen LogP contribution is 2.37. The Morgan fingerprint density at radius 2 is 1.89 bits per heavy atom. The van der Waals surface area contributed by atoms with Crippen LogP contribution in [0.5, 0.6) is 5.75 Å². The lowest BCUT2D eigenvalue weighted by Crippen LogP contribution is -2.42. The molecular formula is C21H21NO5S. The van der Waals surface area contributed by atoms with Crippen LogP contribution in [0.15, 0.2) is 41.3 Å². The van der Waals surface area contributed by atoms with Crippen LogP contribution in [-0.4, -0.2) is 41.3 Å². The summed E-state index contributed by atoms with van der Waals surface area (Å²) in [6.07, 6.45) is 1.66. The number of amides is 2. The molecule has 2 aromatic rings. The van der Waals surface area contributed by atoms with E-state index >= 15 is 0 Å². The molecule has 2 amide bonds. The van der Waals surface area contributed by atoms with Crippen molar-refractivity contribution in [1.29, 1.82) is 0 Å². The molecule has 1 fully saturated rings. The molecule has 3 rings (SSSR count). The van der Waals surface area contributed by atoms with Gasteiger partial charge in [0.25, 0.3) is 11.1 Å². The number of nitrogens with zero attached hydrogens (tertiary/aromatic N) is 1. The summed E-state index contributed by atoms with van der Waals surface area (Å²) in [5, 5.41) is 1.42. The van der Waals surface area contributed by atoms with Crippen LogP contribution >= 0.6 is 11.8 Å². The molecule has 0 unspecified atom stereocenters. The second-order valence-corrected chi connectivity index (χ2v) is 7.10. The van der Waals surface area contributed by atoms with Crippen molar-refractivity contribution in [2.24, 2.45) is 0 Å². The highest BCUT2D eigenvalue weighted by Gasteiger charge is 2.41. The summed E-state index contributed by atoms with van der Waals surface area (Å²) in [5.41, 5.74) is 0.731. The van der Waals surface area contributed by atoms with Crippen LogP contribution in [0.3, 0.4) is 0 Å². The maximum atomic E-state index is 12.8. The fourth-order valence-corrected chi connectivity index (χ4v) is 3.91. The van der Waals surface area contributed by atoms with Crippen molar-refractivity contribution in [3.63, 3.8) is 0 Å². The number of hydrogen-bond donors (Lipinski definition) is 0. The van der Waals surface area contributed by atoms with E-state index in [1.165, 1.54) is 6.92 Å². The maximum absolute atomic E-state index is 12.8. The van der Waals surface area contributed by atoms with Crippen molar-refractivity contribution >= 4 is 45.7 Å². The molecule has 0 aromatic heterocycles. The van der Waals surface area contributed by atoms with Gasteiger partial charge in [-0.05, 0) is 55.4 Å². The van der Waals surface area contributed by atoms with E-state index in [1.54, 1.807) is 13.0 Å². The van der Waals surface area contributed by atoms with Gasteiger partial charge in [-0.3, -0.25) is 14.5 Å². The third-order valence-corrected chi connectivity index (χ3v) is 5.23. The van der Waals surface area contributed by atoms with Crippen LogP contribution < -0.4 is 4.74 Å². The Hall–Kier alpha value is -2.80. The molecule has 7 heteroatoms. The summed E-state index contributed by atoms with van der Waals surface area (Å²) in [6, 6.07) is 10.6. The van der Waals surface area contributed by atoms with E-state index in [-0.39, 0.29) is 11.5 Å². The number of thioether (sulfide) groups is 1. The number of imide groups is 1. The minimum absolute atomic E-state index is 0.183. The number of hydrogen-bond acceptors (Lipinski definition) is 6. The van der Waals surface area contributed by atoms with E-state index in [2.05, 4.69) is 0 Å². The summed E-state index contributed by atoms with van der Waals surface area (Å²) >= 11 is 0.811. The zero-order valence-corrected chi connectivity index (χ0v) is 16.7. The van der Waals surface area contributed by atoms with Gasteiger partial charge >= 0.3 is 5.97 Å². The molecule has 146 valence electrons. The summed E-state index contributed by atoms with van der Waals surface area (Å²) in [5.74, 6) is -0.483. The Morgan fingerprint density at radius 1 is 1.14 bits per heavy atom. The molecular weight excluding hydrogens is 378 g/mol. The van der Waals surface area contributed by atoms with Crippen LogP contribution in [0.25, 0.3) is 16.8 Å². The number of rotatable bonds is 6. The molecule has 1 saturated heterocycles. The second kappa shape index (κ2) is 8.48. The van der Waals surface area contributed by atoms with Crippen molar-refractivity contribution in [2.45, 2.75) is 26.8 Å². The van der Waals surface area contributed by atoms with E-state index in [0.29, 0.717) is 12.4 Å². The van der Waals surface area contributed by atoms with Gasteiger partial charge in [0, 0.05) is 5.56 Å². The summed E-state index contributed by atoms with van der Waals surface area (Å²) in [7, 11) is 0. The average molecular weight is 399 g/mol. The maximum Gasteiger partial charge on any atom is 0.329 e. The van der Waals surface area contributed by atoms with Gasteiger partial charge < -0.3 is 9.47 Å². The van der Waals surface area contributed by atoms with Crippen molar-refractivity contribution in [1.82, 2.24) is 4.90 Å². The molecule has 0 radical (unpaired) electrons. The Labute approximate surface area is 167 Å². The van der Waals surface area contributed by atoms with E-state index < -0.39 is 23.2 Å². The van der Waals surface area contributed by atoms with Gasteiger partial charge in [0.15, 0.2) is 0 Å². The zero-order valence-electron chi connectivity index (χ0n) is 15.9. The van der Waals surface area contributed by atoms with Crippen molar-refractivity contribution in [2.75, 3.05) is 13.2 Å². The van der Waals surface area contributed by atoms with Crippen LogP contribution in [0.1, 0.15) is 26.3 Å². The Bertz CT molecular complexity index is 968. The van der Waals surface area contributed by atoms with E-state index in [1.807, 2.05) is 43.3 Å². The predicted octanol–water partition coefficient (Wildman–Crippen LogP) is 4.23. The quantitative estimate of drug-likeness (QED) is 0.535. The summed E-state index contributed by atoms with van der Waals surface area (Å²) < 4.78 is 10.7. The SMILES string of the molecule is CCOC(=O)[C@H](C)N1C(=O)S/C(=C/c2c(OCC)ccc3ccccc23)C1=O. The first-order chi connectivity index (χ1) is 13.5. The van der Waals surface area contributed by atoms with Gasteiger partial charge in [0.1, 0.15) is 11.8 Å². The lowest BCUT2D eigenvalue weighted by atomic mass is 10.0. The smallest absolute Gasteiger partial charge is 0.329 e. The van der Waals surface area contributed by atoms with Gasteiger partial charge in [0.05, 0.1) is 18.1 Å². The number of esters is 1. The monoisotopic (exact) mass is 399 g/mol. The van der Waals surface area contributed by atoms with Crippen LogP contribution in [0, 0.1) is 0 Å². The Balaban J connectivity index is 2.02. The number of ether oxygens (including phenoxy) is 2. The van der Waals surface area contributed by atoms with E-state index in [0.717, 1.165) is 33.0 Å². The van der Waals surface area contributed by atoms with Crippen LogP contribution in [0.2, 0.25) is 0 Å². The lowest BCUT2D eigenvalue weighted by Gasteiger charge is -2.19. The normalized spacial score (nSPS) is 16.7. The second-order valence-electron chi connectivity index (χ2n) is 6.11. The van der Waals surface area contributed by atoms with E-state index in [4.69, 9.17) is 9.47 Å². The Morgan fingerprint density at radius 3 is 2.61 bits per heavy atom. The molecule has 1 heterocycles. The number of carbonyl (C=O) groups is 3. The summed E-state index contributed by atoms with van der Waals surface area (Å²) in [6.45, 7) is 5.70. The van der Waals surface area contributed by atoms with Gasteiger partial charge in [-0.1, -0.05) is 30.3 Å². The fourth-order valence-electron chi connectivity index (χ4n) is 3.02. The zero-order chi connectivity index (χ0) is 20.3. The molecule has 6 nitrogen and oxygen atoms in total. The third kappa shape index (κ3) is 3.75. The minimum atomic E-state index is -0.975. The molecule has 0 aliphatic carbocycles. The van der Waals surface area contributed by atoms with Gasteiger partial charge in [-0.2, -0.15) is 0 Å². The standard InChI is InChI=1S/C21H21NO5S/c1-4-26-17-11-10-14-8-6-7-9-15(14)16(17)12-18-19(23)22(21(25)28-18)13(3)20(24)27-5-2/h6-13H,4-5H2,1-3H3/b18-12+/t13-/m0/s1. The molecule has 1 aliphatic heterocycles. The van der Waals surface area contributed by atoms with E-state index in [9.17, 15) is 14.4 Å². The minimum Gasteiger partial charge on any atom is -0.493 e. The van der Waals surface area contributed by atoms with Crippen molar-refractivity contribution < 1.29 is 23.9 Å². The van der Waals surface area contributed by atoms with Crippen LogP contribution in [-0.2, 0) is 14.3 Å². The average Bonchev–Trinajstić information content (AvgIpc) is 2.96. The van der Waals surface area contributed by atoms with Crippen molar-refractivity contribution in [3.8, 4) is 5.75 Å². The largest absolute Gasteiger partial charge is 0.493 e. The highest BCUT2D eigenvalue weighted by molar-refractivity contribution is 8.18. The number of carbonyl (C=O) groups excluding carboxylic acids is 3. The molecule has 28 heavy (non-hydrogen) atoms. The Kier molecular flexibility index (Phi) is 6.04. The molecule has 0 bridgehead atoms. The third-order valence-electron chi connectivity index (χ3n) is 4.34. The molecule has 0 spiro atoms.